The molecule has 2 N–H and O–H groups in total. The van der Waals surface area contributed by atoms with E-state index >= 15 is 0 Å². The summed E-state index contributed by atoms with van der Waals surface area (Å²) >= 11 is 0. The van der Waals surface area contributed by atoms with E-state index in [0.29, 0.717) is 13.0 Å². The summed E-state index contributed by atoms with van der Waals surface area (Å²) in [6.45, 7) is 7.73. The van der Waals surface area contributed by atoms with Crippen LogP contribution in [0.2, 0.25) is 0 Å². The molecular formula is C20H29NO5. The maximum Gasteiger partial charge on any atom is 0.325 e. The minimum Gasteiger partial charge on any atom is -0.458 e. The first-order chi connectivity index (χ1) is 12.3. The normalized spacial score (nSPS) is 27.2. The fourth-order valence-corrected chi connectivity index (χ4v) is 2.89. The van der Waals surface area contributed by atoms with Crippen LogP contribution in [0.4, 0.5) is 0 Å². The molecule has 1 aromatic carbocycles. The first kappa shape index (κ1) is 20.4. The van der Waals surface area contributed by atoms with Crippen LogP contribution in [0.1, 0.15) is 31.9 Å². The van der Waals surface area contributed by atoms with Gasteiger partial charge >= 0.3 is 11.9 Å². The van der Waals surface area contributed by atoms with Crippen LogP contribution < -0.4 is 5.73 Å². The SMILES string of the molecule is Cc1ccc(C[C@H]2COC[C@H](N)C(=O)O[C@@H](C)[C@@H]2OC(=O)C(C)C)cc1. The van der Waals surface area contributed by atoms with Crippen LogP contribution in [-0.2, 0) is 30.2 Å². The van der Waals surface area contributed by atoms with Crippen molar-refractivity contribution in [1.29, 1.82) is 0 Å². The molecule has 144 valence electrons. The molecule has 6 heteroatoms. The summed E-state index contributed by atoms with van der Waals surface area (Å²) in [5.41, 5.74) is 8.07. The second-order valence-electron chi connectivity index (χ2n) is 7.29. The number of aryl methyl sites for hydroxylation is 1. The number of hydrogen-bond donors (Lipinski definition) is 1. The maximum absolute atomic E-state index is 12.2. The highest BCUT2D eigenvalue weighted by atomic mass is 16.6. The highest BCUT2D eigenvalue weighted by Gasteiger charge is 2.36. The number of carbonyl (C=O) groups is 2. The van der Waals surface area contributed by atoms with Gasteiger partial charge in [0.2, 0.25) is 0 Å². The van der Waals surface area contributed by atoms with Crippen molar-refractivity contribution in [3.05, 3.63) is 35.4 Å². The first-order valence-corrected chi connectivity index (χ1v) is 9.07. The zero-order valence-electron chi connectivity index (χ0n) is 15.9. The molecule has 0 bridgehead atoms. The Labute approximate surface area is 155 Å². The van der Waals surface area contributed by atoms with Gasteiger partial charge in [-0.25, -0.2) is 0 Å². The second-order valence-corrected chi connectivity index (χ2v) is 7.29. The van der Waals surface area contributed by atoms with Crippen LogP contribution in [-0.4, -0.2) is 43.4 Å². The predicted molar refractivity (Wildman–Crippen MR) is 97.4 cm³/mol. The van der Waals surface area contributed by atoms with Gasteiger partial charge in [-0.3, -0.25) is 9.59 Å². The van der Waals surface area contributed by atoms with Crippen molar-refractivity contribution < 1.29 is 23.8 Å². The minimum absolute atomic E-state index is 0.0841. The lowest BCUT2D eigenvalue weighted by Crippen LogP contribution is -2.43. The van der Waals surface area contributed by atoms with Crippen LogP contribution in [0, 0.1) is 18.8 Å². The Morgan fingerprint density at radius 3 is 2.54 bits per heavy atom. The monoisotopic (exact) mass is 363 g/mol. The van der Waals surface area contributed by atoms with Gasteiger partial charge in [-0.1, -0.05) is 43.7 Å². The molecule has 26 heavy (non-hydrogen) atoms. The molecule has 1 saturated heterocycles. The number of cyclic esters (lactones) is 1. The van der Waals surface area contributed by atoms with Gasteiger partial charge < -0.3 is 19.9 Å². The molecule has 0 aliphatic carbocycles. The third kappa shape index (κ3) is 5.54. The van der Waals surface area contributed by atoms with Gasteiger partial charge in [0.15, 0.2) is 0 Å². The molecule has 1 fully saturated rings. The van der Waals surface area contributed by atoms with Gasteiger partial charge in [0, 0.05) is 5.92 Å². The zero-order chi connectivity index (χ0) is 19.3. The molecule has 0 radical (unpaired) electrons. The molecule has 2 rings (SSSR count). The van der Waals surface area contributed by atoms with Gasteiger partial charge in [-0.2, -0.15) is 0 Å². The number of ether oxygens (including phenoxy) is 3. The molecule has 1 aliphatic rings. The molecule has 4 atom stereocenters. The van der Waals surface area contributed by atoms with Crippen molar-refractivity contribution in [2.24, 2.45) is 17.6 Å². The standard InChI is InChI=1S/C20H29NO5/c1-12(2)19(22)26-18-14(4)25-20(23)17(21)11-24-10-16(18)9-15-7-5-13(3)6-8-15/h5-8,12,14,16-18H,9-11,21H2,1-4H3/t14-,16-,17-,18-/m0/s1. The number of nitrogens with two attached hydrogens (primary N) is 1. The summed E-state index contributed by atoms with van der Waals surface area (Å²) < 4.78 is 16.8. The molecule has 0 unspecified atom stereocenters. The Hall–Kier alpha value is -1.92. The van der Waals surface area contributed by atoms with E-state index in [1.54, 1.807) is 20.8 Å². The lowest BCUT2D eigenvalue weighted by atomic mass is 9.91. The smallest absolute Gasteiger partial charge is 0.325 e. The summed E-state index contributed by atoms with van der Waals surface area (Å²) in [6, 6.07) is 7.34. The topological polar surface area (TPSA) is 87.8 Å². The fraction of sp³-hybridized carbons (Fsp3) is 0.600. The summed E-state index contributed by atoms with van der Waals surface area (Å²) in [7, 11) is 0. The van der Waals surface area contributed by atoms with Crippen LogP contribution in [0.15, 0.2) is 24.3 Å². The minimum atomic E-state index is -0.836. The molecule has 1 aromatic rings. The van der Waals surface area contributed by atoms with Gasteiger partial charge in [0.25, 0.3) is 0 Å². The highest BCUT2D eigenvalue weighted by Crippen LogP contribution is 2.23. The lowest BCUT2D eigenvalue weighted by Gasteiger charge is -2.31. The Kier molecular flexibility index (Phi) is 7.17. The number of esters is 2. The number of hydrogen-bond acceptors (Lipinski definition) is 6. The average Bonchev–Trinajstić information content (AvgIpc) is 2.63. The van der Waals surface area contributed by atoms with E-state index in [0.717, 1.165) is 5.56 Å². The van der Waals surface area contributed by atoms with Crippen molar-refractivity contribution in [3.8, 4) is 0 Å². The van der Waals surface area contributed by atoms with Crippen molar-refractivity contribution in [2.45, 2.75) is 52.4 Å². The highest BCUT2D eigenvalue weighted by molar-refractivity contribution is 5.76. The van der Waals surface area contributed by atoms with E-state index < -0.39 is 24.2 Å². The summed E-state index contributed by atoms with van der Waals surface area (Å²) in [5.74, 6) is -1.28. The molecule has 0 spiro atoms. The van der Waals surface area contributed by atoms with Gasteiger partial charge in [-0.15, -0.1) is 0 Å². The Morgan fingerprint density at radius 2 is 1.92 bits per heavy atom. The van der Waals surface area contributed by atoms with Gasteiger partial charge in [0.1, 0.15) is 18.2 Å². The average molecular weight is 363 g/mol. The molecular weight excluding hydrogens is 334 g/mol. The summed E-state index contributed by atoms with van der Waals surface area (Å²) in [6.07, 6.45) is -0.554. The van der Waals surface area contributed by atoms with E-state index in [-0.39, 0.29) is 24.4 Å². The Bertz CT molecular complexity index is 613. The summed E-state index contributed by atoms with van der Waals surface area (Å²) in [5, 5.41) is 0. The Balaban J connectivity index is 2.25. The third-order valence-corrected chi connectivity index (χ3v) is 4.50. The van der Waals surface area contributed by atoms with Crippen LogP contribution in [0.5, 0.6) is 0 Å². The first-order valence-electron chi connectivity index (χ1n) is 9.07. The molecule has 0 aromatic heterocycles. The summed E-state index contributed by atoms with van der Waals surface area (Å²) in [4.78, 5) is 24.2. The van der Waals surface area contributed by atoms with E-state index in [4.69, 9.17) is 19.9 Å². The van der Waals surface area contributed by atoms with E-state index in [1.165, 1.54) is 5.56 Å². The largest absolute Gasteiger partial charge is 0.458 e. The maximum atomic E-state index is 12.2. The van der Waals surface area contributed by atoms with Gasteiger partial charge in [0.05, 0.1) is 19.1 Å². The van der Waals surface area contributed by atoms with Crippen LogP contribution in [0.3, 0.4) is 0 Å². The van der Waals surface area contributed by atoms with E-state index in [1.807, 2.05) is 31.2 Å². The molecule has 1 heterocycles. The fourth-order valence-electron chi connectivity index (χ4n) is 2.89. The number of carbonyl (C=O) groups excluding carboxylic acids is 2. The van der Waals surface area contributed by atoms with Crippen molar-refractivity contribution in [1.82, 2.24) is 0 Å². The van der Waals surface area contributed by atoms with E-state index in [2.05, 4.69) is 0 Å². The van der Waals surface area contributed by atoms with Crippen molar-refractivity contribution >= 4 is 11.9 Å². The van der Waals surface area contributed by atoms with Gasteiger partial charge in [-0.05, 0) is 25.8 Å². The predicted octanol–water partition coefficient (Wildman–Crippen LogP) is 2.01. The lowest BCUT2D eigenvalue weighted by molar-refractivity contribution is -0.173. The zero-order valence-corrected chi connectivity index (χ0v) is 15.9. The molecule has 0 saturated carbocycles. The van der Waals surface area contributed by atoms with Crippen LogP contribution >= 0.6 is 0 Å². The molecule has 1 aliphatic heterocycles. The number of rotatable bonds is 4. The number of benzene rings is 1. The Morgan fingerprint density at radius 1 is 1.27 bits per heavy atom. The molecule has 6 nitrogen and oxygen atoms in total. The second kappa shape index (κ2) is 9.14. The van der Waals surface area contributed by atoms with E-state index in [9.17, 15) is 9.59 Å². The van der Waals surface area contributed by atoms with Crippen molar-refractivity contribution in [3.63, 3.8) is 0 Å². The molecule has 0 amide bonds. The van der Waals surface area contributed by atoms with Crippen LogP contribution in [0.25, 0.3) is 0 Å². The third-order valence-electron chi connectivity index (χ3n) is 4.50. The van der Waals surface area contributed by atoms with Crippen molar-refractivity contribution in [2.75, 3.05) is 13.2 Å². The quantitative estimate of drug-likeness (QED) is 0.824.